The van der Waals surface area contributed by atoms with E-state index < -0.39 is 5.91 Å². The molecule has 116 valence electrons. The molecule has 1 saturated heterocycles. The Bertz CT molecular complexity index is 678. The highest BCUT2D eigenvalue weighted by atomic mass is 35.5. The van der Waals surface area contributed by atoms with Crippen LogP contribution in [0.4, 0.5) is 5.69 Å². The lowest BCUT2D eigenvalue weighted by Crippen LogP contribution is -2.40. The standard InChI is InChI=1S/C16H17ClN2O3/c1-10-4-3-5-12(11(10)2)19-15(20)13(17)14(16(19)21)18-6-8-22-9-7-18/h3-5H,6-9H2,1-2H3. The third-order valence-corrected chi connectivity index (χ3v) is 4.49. The second-order valence-corrected chi connectivity index (χ2v) is 5.80. The first-order chi connectivity index (χ1) is 10.5. The Morgan fingerprint density at radius 1 is 1.09 bits per heavy atom. The van der Waals surface area contributed by atoms with Crippen LogP contribution in [0.15, 0.2) is 28.9 Å². The molecule has 1 fully saturated rings. The Kier molecular flexibility index (Phi) is 3.93. The molecule has 2 amide bonds. The second kappa shape index (κ2) is 5.74. The largest absolute Gasteiger partial charge is 0.378 e. The molecule has 1 aromatic carbocycles. The van der Waals surface area contributed by atoms with Gasteiger partial charge < -0.3 is 9.64 Å². The molecule has 2 aliphatic rings. The first-order valence-electron chi connectivity index (χ1n) is 7.20. The maximum atomic E-state index is 12.8. The zero-order valence-corrected chi connectivity index (χ0v) is 13.3. The van der Waals surface area contributed by atoms with Gasteiger partial charge in [0.2, 0.25) is 0 Å². The van der Waals surface area contributed by atoms with Crippen molar-refractivity contribution in [3.8, 4) is 0 Å². The van der Waals surface area contributed by atoms with Gasteiger partial charge in [-0.2, -0.15) is 0 Å². The van der Waals surface area contributed by atoms with Crippen molar-refractivity contribution in [1.82, 2.24) is 4.90 Å². The molecule has 6 heteroatoms. The molecule has 0 aromatic heterocycles. The molecule has 0 bridgehead atoms. The van der Waals surface area contributed by atoms with Crippen molar-refractivity contribution < 1.29 is 14.3 Å². The smallest absolute Gasteiger partial charge is 0.283 e. The predicted molar refractivity (Wildman–Crippen MR) is 83.7 cm³/mol. The first-order valence-corrected chi connectivity index (χ1v) is 7.57. The molecule has 0 radical (unpaired) electrons. The average Bonchev–Trinajstić information content (AvgIpc) is 2.74. The molecule has 0 saturated carbocycles. The van der Waals surface area contributed by atoms with Gasteiger partial charge in [-0.05, 0) is 31.0 Å². The van der Waals surface area contributed by atoms with Gasteiger partial charge in [-0.25, -0.2) is 4.90 Å². The summed E-state index contributed by atoms with van der Waals surface area (Å²) in [6.45, 7) is 6.02. The van der Waals surface area contributed by atoms with Gasteiger partial charge in [0.05, 0.1) is 18.9 Å². The highest BCUT2D eigenvalue weighted by Crippen LogP contribution is 2.33. The monoisotopic (exact) mass is 320 g/mol. The number of carbonyl (C=O) groups is 2. The Labute approximate surface area is 134 Å². The van der Waals surface area contributed by atoms with Crippen LogP contribution in [0.1, 0.15) is 11.1 Å². The Balaban J connectivity index is 1.98. The minimum Gasteiger partial charge on any atom is -0.378 e. The van der Waals surface area contributed by atoms with E-state index in [1.54, 1.807) is 6.07 Å². The number of halogens is 1. The van der Waals surface area contributed by atoms with Crippen molar-refractivity contribution in [1.29, 1.82) is 0 Å². The van der Waals surface area contributed by atoms with Crippen molar-refractivity contribution in [3.05, 3.63) is 40.1 Å². The zero-order chi connectivity index (χ0) is 15.9. The van der Waals surface area contributed by atoms with Gasteiger partial charge in [0.15, 0.2) is 0 Å². The molecule has 2 heterocycles. The van der Waals surface area contributed by atoms with E-state index in [4.69, 9.17) is 16.3 Å². The normalized spacial score (nSPS) is 19.4. The molecule has 0 unspecified atom stereocenters. The number of hydrogen-bond donors (Lipinski definition) is 0. The molecular weight excluding hydrogens is 304 g/mol. The van der Waals surface area contributed by atoms with E-state index in [1.807, 2.05) is 30.9 Å². The number of rotatable bonds is 2. The quantitative estimate of drug-likeness (QED) is 0.782. The van der Waals surface area contributed by atoms with Crippen LogP contribution in [0.25, 0.3) is 0 Å². The first kappa shape index (κ1) is 15.1. The van der Waals surface area contributed by atoms with Crippen molar-refractivity contribution in [2.75, 3.05) is 31.2 Å². The maximum Gasteiger partial charge on any atom is 0.283 e. The lowest BCUT2D eigenvalue weighted by atomic mass is 10.1. The van der Waals surface area contributed by atoms with Crippen LogP contribution in [0.3, 0.4) is 0 Å². The van der Waals surface area contributed by atoms with E-state index in [0.717, 1.165) is 11.1 Å². The number of hydrogen-bond acceptors (Lipinski definition) is 4. The minimum absolute atomic E-state index is 0.00666. The number of anilines is 1. The minimum atomic E-state index is -0.457. The summed E-state index contributed by atoms with van der Waals surface area (Å²) in [5.74, 6) is -0.813. The summed E-state index contributed by atoms with van der Waals surface area (Å²) in [6, 6.07) is 5.55. The molecule has 0 N–H and O–H groups in total. The number of carbonyl (C=O) groups excluding carboxylic acids is 2. The van der Waals surface area contributed by atoms with Crippen molar-refractivity contribution >= 4 is 29.1 Å². The second-order valence-electron chi connectivity index (χ2n) is 5.43. The molecule has 22 heavy (non-hydrogen) atoms. The van der Waals surface area contributed by atoms with Crippen LogP contribution in [0.5, 0.6) is 0 Å². The number of aryl methyl sites for hydroxylation is 1. The molecule has 2 aliphatic heterocycles. The zero-order valence-electron chi connectivity index (χ0n) is 12.6. The number of ether oxygens (including phenoxy) is 1. The van der Waals surface area contributed by atoms with Crippen LogP contribution in [0, 0.1) is 13.8 Å². The summed E-state index contributed by atoms with van der Waals surface area (Å²) < 4.78 is 5.29. The lowest BCUT2D eigenvalue weighted by Gasteiger charge is -2.29. The summed E-state index contributed by atoms with van der Waals surface area (Å²) in [7, 11) is 0. The average molecular weight is 321 g/mol. The summed E-state index contributed by atoms with van der Waals surface area (Å²) in [5.41, 5.74) is 2.80. The third-order valence-electron chi connectivity index (χ3n) is 4.15. The number of nitrogens with zero attached hydrogens (tertiary/aromatic N) is 2. The molecule has 0 aliphatic carbocycles. The van der Waals surface area contributed by atoms with Gasteiger partial charge in [0, 0.05) is 13.1 Å². The van der Waals surface area contributed by atoms with Crippen LogP contribution < -0.4 is 4.90 Å². The van der Waals surface area contributed by atoms with Gasteiger partial charge >= 0.3 is 0 Å². The fraction of sp³-hybridized carbons (Fsp3) is 0.375. The van der Waals surface area contributed by atoms with Crippen molar-refractivity contribution in [2.45, 2.75) is 13.8 Å². The molecule has 3 rings (SSSR count). The van der Waals surface area contributed by atoms with Crippen LogP contribution >= 0.6 is 11.6 Å². The van der Waals surface area contributed by atoms with E-state index in [1.165, 1.54) is 4.90 Å². The van der Waals surface area contributed by atoms with Gasteiger partial charge in [-0.1, -0.05) is 23.7 Å². The van der Waals surface area contributed by atoms with E-state index in [-0.39, 0.29) is 16.6 Å². The van der Waals surface area contributed by atoms with Crippen LogP contribution in [0.2, 0.25) is 0 Å². The Hall–Kier alpha value is -1.85. The van der Waals surface area contributed by atoms with Gasteiger partial charge in [-0.15, -0.1) is 0 Å². The van der Waals surface area contributed by atoms with E-state index in [9.17, 15) is 9.59 Å². The van der Waals surface area contributed by atoms with Crippen LogP contribution in [-0.4, -0.2) is 43.0 Å². The van der Waals surface area contributed by atoms with Gasteiger partial charge in [0.25, 0.3) is 11.8 Å². The summed E-state index contributed by atoms with van der Waals surface area (Å²) in [4.78, 5) is 28.3. The molecule has 5 nitrogen and oxygen atoms in total. The van der Waals surface area contributed by atoms with Gasteiger partial charge in [0.1, 0.15) is 10.7 Å². The van der Waals surface area contributed by atoms with E-state index >= 15 is 0 Å². The Morgan fingerprint density at radius 2 is 1.77 bits per heavy atom. The van der Waals surface area contributed by atoms with Crippen molar-refractivity contribution in [2.24, 2.45) is 0 Å². The van der Waals surface area contributed by atoms with E-state index in [0.29, 0.717) is 32.0 Å². The number of amides is 2. The highest BCUT2D eigenvalue weighted by Gasteiger charge is 2.42. The molecule has 0 atom stereocenters. The summed E-state index contributed by atoms with van der Waals surface area (Å²) >= 11 is 6.18. The third kappa shape index (κ3) is 2.30. The number of imide groups is 1. The lowest BCUT2D eigenvalue weighted by molar-refractivity contribution is -0.121. The highest BCUT2D eigenvalue weighted by molar-refractivity contribution is 6.52. The van der Waals surface area contributed by atoms with Crippen molar-refractivity contribution in [3.63, 3.8) is 0 Å². The fourth-order valence-electron chi connectivity index (χ4n) is 2.75. The summed E-state index contributed by atoms with van der Waals surface area (Å²) in [6.07, 6.45) is 0. The topological polar surface area (TPSA) is 49.9 Å². The van der Waals surface area contributed by atoms with Crippen LogP contribution in [-0.2, 0) is 14.3 Å². The molecular formula is C16H17ClN2O3. The fourth-order valence-corrected chi connectivity index (χ4v) is 3.03. The van der Waals surface area contributed by atoms with E-state index in [2.05, 4.69) is 0 Å². The SMILES string of the molecule is Cc1cccc(N2C(=O)C(Cl)=C(N3CCOCC3)C2=O)c1C. The number of benzene rings is 1. The number of morpholine rings is 1. The molecule has 0 spiro atoms. The summed E-state index contributed by atoms with van der Waals surface area (Å²) in [5, 5.41) is -0.00666. The van der Waals surface area contributed by atoms with Gasteiger partial charge in [-0.3, -0.25) is 9.59 Å². The Morgan fingerprint density at radius 3 is 2.45 bits per heavy atom. The molecule has 1 aromatic rings. The predicted octanol–water partition coefficient (Wildman–Crippen LogP) is 1.96. The maximum absolute atomic E-state index is 12.8.